The highest BCUT2D eigenvalue weighted by Gasteiger charge is 2.42. The van der Waals surface area contributed by atoms with Gasteiger partial charge in [-0.2, -0.15) is 0 Å². The van der Waals surface area contributed by atoms with Gasteiger partial charge in [0, 0.05) is 12.7 Å². The first-order valence-electron chi connectivity index (χ1n) is 6.52. The van der Waals surface area contributed by atoms with Crippen LogP contribution in [0.2, 0.25) is 0 Å². The average molecular weight is 288 g/mol. The maximum absolute atomic E-state index is 12.3. The Bertz CT molecular complexity index is 763. The Morgan fingerprint density at radius 1 is 1.43 bits per heavy atom. The smallest absolute Gasteiger partial charge is 0.413 e. The fourth-order valence-corrected chi connectivity index (χ4v) is 2.67. The third-order valence-corrected chi connectivity index (χ3v) is 3.88. The Labute approximate surface area is 121 Å². The average Bonchev–Trinajstić information content (AvgIpc) is 2.90. The van der Waals surface area contributed by atoms with E-state index in [2.05, 4.69) is 20.0 Å². The highest BCUT2D eigenvalue weighted by atomic mass is 16.5. The molecule has 7 heteroatoms. The van der Waals surface area contributed by atoms with Gasteiger partial charge in [-0.05, 0) is 31.5 Å². The minimum Gasteiger partial charge on any atom is -0.453 e. The number of aromatic nitrogens is 2. The number of hydrogen-bond donors (Lipinski definition) is 2. The number of amides is 2. The van der Waals surface area contributed by atoms with E-state index in [1.807, 2.05) is 26.0 Å². The number of anilines is 2. The van der Waals surface area contributed by atoms with Gasteiger partial charge in [0.25, 0.3) is 0 Å². The van der Waals surface area contributed by atoms with E-state index in [1.165, 1.54) is 7.11 Å². The van der Waals surface area contributed by atoms with Gasteiger partial charge in [0.15, 0.2) is 0 Å². The molecule has 1 aliphatic heterocycles. The first-order valence-corrected chi connectivity index (χ1v) is 6.52. The monoisotopic (exact) mass is 288 g/mol. The number of H-pyrrole nitrogens is 1. The molecular formula is C14H16N4O3. The van der Waals surface area contributed by atoms with Crippen molar-refractivity contribution >= 4 is 34.7 Å². The molecule has 0 saturated heterocycles. The first-order chi connectivity index (χ1) is 9.84. The van der Waals surface area contributed by atoms with Crippen LogP contribution in [-0.4, -0.2) is 36.1 Å². The number of nitrogens with zero attached hydrogens (tertiary/aromatic N) is 2. The van der Waals surface area contributed by atoms with Crippen molar-refractivity contribution in [3.63, 3.8) is 0 Å². The second-order valence-electron chi connectivity index (χ2n) is 5.58. The molecule has 110 valence electrons. The lowest BCUT2D eigenvalue weighted by molar-refractivity contribution is -0.121. The van der Waals surface area contributed by atoms with Crippen molar-refractivity contribution in [1.82, 2.24) is 9.97 Å². The van der Waals surface area contributed by atoms with Gasteiger partial charge in [-0.3, -0.25) is 10.1 Å². The molecule has 2 heterocycles. The Morgan fingerprint density at radius 3 is 2.81 bits per heavy atom. The third kappa shape index (κ3) is 1.84. The Kier molecular flexibility index (Phi) is 2.69. The van der Waals surface area contributed by atoms with E-state index in [0.29, 0.717) is 11.5 Å². The molecule has 2 aromatic rings. The summed E-state index contributed by atoms with van der Waals surface area (Å²) < 4.78 is 4.53. The van der Waals surface area contributed by atoms with Crippen LogP contribution in [0.1, 0.15) is 19.4 Å². The summed E-state index contributed by atoms with van der Waals surface area (Å²) >= 11 is 0. The van der Waals surface area contributed by atoms with Crippen molar-refractivity contribution in [3.05, 3.63) is 17.7 Å². The van der Waals surface area contributed by atoms with E-state index < -0.39 is 11.5 Å². The molecule has 0 radical (unpaired) electrons. The molecule has 0 bridgehead atoms. The summed E-state index contributed by atoms with van der Waals surface area (Å²) in [5.41, 5.74) is 2.65. The van der Waals surface area contributed by atoms with Gasteiger partial charge >= 0.3 is 6.09 Å². The molecule has 21 heavy (non-hydrogen) atoms. The van der Waals surface area contributed by atoms with Crippen molar-refractivity contribution in [2.75, 3.05) is 24.4 Å². The number of hydrogen-bond acceptors (Lipinski definition) is 4. The summed E-state index contributed by atoms with van der Waals surface area (Å²) in [5.74, 6) is 0.366. The number of methoxy groups -OCH3 is 1. The van der Waals surface area contributed by atoms with Gasteiger partial charge < -0.3 is 14.6 Å². The molecular weight excluding hydrogens is 272 g/mol. The SMILES string of the molecule is COC(=O)Nc1nc2cc3c(cc2[nH]1)C(C)(C)C(=O)N3C. The summed E-state index contributed by atoms with van der Waals surface area (Å²) in [7, 11) is 3.04. The maximum atomic E-state index is 12.3. The number of benzene rings is 1. The van der Waals surface area contributed by atoms with Crippen LogP contribution in [0.15, 0.2) is 12.1 Å². The lowest BCUT2D eigenvalue weighted by Gasteiger charge is -2.16. The molecule has 1 aromatic carbocycles. The summed E-state index contributed by atoms with van der Waals surface area (Å²) in [4.78, 5) is 32.4. The predicted molar refractivity (Wildman–Crippen MR) is 78.6 cm³/mol. The molecule has 3 rings (SSSR count). The van der Waals surface area contributed by atoms with Crippen LogP contribution in [0.4, 0.5) is 16.4 Å². The fourth-order valence-electron chi connectivity index (χ4n) is 2.67. The number of nitrogens with one attached hydrogen (secondary N) is 2. The molecule has 2 amide bonds. The molecule has 0 aliphatic carbocycles. The number of likely N-dealkylation sites (N-methyl/N-ethyl adjacent to an activating group) is 1. The van der Waals surface area contributed by atoms with E-state index in [-0.39, 0.29) is 5.91 Å². The third-order valence-electron chi connectivity index (χ3n) is 3.88. The van der Waals surface area contributed by atoms with E-state index in [9.17, 15) is 9.59 Å². The summed E-state index contributed by atoms with van der Waals surface area (Å²) in [6.07, 6.45) is -0.589. The molecule has 0 atom stereocenters. The standard InChI is InChI=1S/C14H16N4O3/c1-14(2)7-5-8-9(6-10(7)18(3)11(14)19)16-12(15-8)17-13(20)21-4/h5-6H,1-4H3,(H2,15,16,17,20). The van der Waals surface area contributed by atoms with Crippen LogP contribution in [0.25, 0.3) is 11.0 Å². The summed E-state index contributed by atoms with van der Waals surface area (Å²) in [6.45, 7) is 3.79. The highest BCUT2D eigenvalue weighted by molar-refractivity contribution is 6.09. The molecule has 7 nitrogen and oxygen atoms in total. The van der Waals surface area contributed by atoms with Gasteiger partial charge in [-0.15, -0.1) is 0 Å². The second kappa shape index (κ2) is 4.21. The Hall–Kier alpha value is -2.57. The zero-order chi connectivity index (χ0) is 15.4. The fraction of sp³-hybridized carbons (Fsp3) is 0.357. The number of carbonyl (C=O) groups excluding carboxylic acids is 2. The van der Waals surface area contributed by atoms with E-state index in [4.69, 9.17) is 0 Å². The largest absolute Gasteiger partial charge is 0.453 e. The van der Waals surface area contributed by atoms with Gasteiger partial charge in [0.05, 0.1) is 23.6 Å². The maximum Gasteiger partial charge on any atom is 0.413 e. The molecule has 1 aliphatic rings. The van der Waals surface area contributed by atoms with Crippen molar-refractivity contribution < 1.29 is 14.3 Å². The van der Waals surface area contributed by atoms with Gasteiger partial charge in [-0.25, -0.2) is 9.78 Å². The number of carbonyl (C=O) groups is 2. The van der Waals surface area contributed by atoms with Gasteiger partial charge in [-0.1, -0.05) is 0 Å². The zero-order valence-corrected chi connectivity index (χ0v) is 12.3. The molecule has 2 N–H and O–H groups in total. The molecule has 0 fully saturated rings. The van der Waals surface area contributed by atoms with Crippen LogP contribution < -0.4 is 10.2 Å². The van der Waals surface area contributed by atoms with Crippen molar-refractivity contribution in [3.8, 4) is 0 Å². The number of aromatic amines is 1. The Morgan fingerprint density at radius 2 is 2.14 bits per heavy atom. The van der Waals surface area contributed by atoms with Crippen LogP contribution >= 0.6 is 0 Å². The van der Waals surface area contributed by atoms with Gasteiger partial charge in [0.2, 0.25) is 11.9 Å². The topological polar surface area (TPSA) is 87.3 Å². The number of fused-ring (bicyclic) bond motifs is 2. The van der Waals surface area contributed by atoms with Crippen LogP contribution in [0, 0.1) is 0 Å². The summed E-state index contributed by atoms with van der Waals surface area (Å²) in [5, 5.41) is 2.49. The highest BCUT2D eigenvalue weighted by Crippen LogP contribution is 2.42. The number of ether oxygens (including phenoxy) is 1. The van der Waals surface area contributed by atoms with Crippen molar-refractivity contribution in [2.45, 2.75) is 19.3 Å². The van der Waals surface area contributed by atoms with Crippen LogP contribution in [0.5, 0.6) is 0 Å². The molecule has 1 aromatic heterocycles. The predicted octanol–water partition coefficient (Wildman–Crippen LogP) is 2.00. The molecule has 0 spiro atoms. The number of rotatable bonds is 1. The number of imidazole rings is 1. The quantitative estimate of drug-likeness (QED) is 0.840. The minimum absolute atomic E-state index is 0.0538. The zero-order valence-electron chi connectivity index (χ0n) is 12.3. The lowest BCUT2D eigenvalue weighted by atomic mass is 9.86. The summed E-state index contributed by atoms with van der Waals surface area (Å²) in [6, 6.07) is 3.75. The van der Waals surface area contributed by atoms with Crippen LogP contribution in [-0.2, 0) is 14.9 Å². The van der Waals surface area contributed by atoms with Crippen molar-refractivity contribution in [1.29, 1.82) is 0 Å². The van der Waals surface area contributed by atoms with E-state index >= 15 is 0 Å². The molecule has 0 saturated carbocycles. The van der Waals surface area contributed by atoms with Crippen LogP contribution in [0.3, 0.4) is 0 Å². The normalized spacial score (nSPS) is 16.2. The van der Waals surface area contributed by atoms with Crippen molar-refractivity contribution in [2.24, 2.45) is 0 Å². The minimum atomic E-state index is -0.589. The van der Waals surface area contributed by atoms with E-state index in [1.54, 1.807) is 11.9 Å². The van der Waals surface area contributed by atoms with E-state index in [0.717, 1.165) is 16.8 Å². The lowest BCUT2D eigenvalue weighted by Crippen LogP contribution is -2.33. The Balaban J connectivity index is 2.11. The van der Waals surface area contributed by atoms with Gasteiger partial charge in [0.1, 0.15) is 0 Å². The first kappa shape index (κ1) is 13.4. The second-order valence-corrected chi connectivity index (χ2v) is 5.58. The molecule has 0 unspecified atom stereocenters.